The van der Waals surface area contributed by atoms with Crippen molar-refractivity contribution < 1.29 is 46.1 Å². The number of hydrogen-bond donors (Lipinski definition) is 2. The largest absolute Gasteiger partial charge is 0.463 e. The van der Waals surface area contributed by atoms with E-state index in [1.807, 2.05) is 24.3 Å². The van der Waals surface area contributed by atoms with Crippen molar-refractivity contribution in [2.75, 3.05) is 32.8 Å². The lowest BCUT2D eigenvalue weighted by molar-refractivity contribution is -0.376. The van der Waals surface area contributed by atoms with E-state index in [-0.39, 0.29) is 25.7 Å². The molecule has 0 spiro atoms. The number of pyridine rings is 1. The highest BCUT2D eigenvalue weighted by atomic mass is 19.4. The molecule has 0 unspecified atom stereocenters. The minimum absolute atomic E-state index is 0.0837. The molecule has 0 radical (unpaired) electrons. The van der Waals surface area contributed by atoms with E-state index in [2.05, 4.69) is 14.8 Å². The number of carbonyl (C=O) groups is 1. The van der Waals surface area contributed by atoms with Crippen molar-refractivity contribution >= 4 is 5.97 Å². The average molecular weight is 626 g/mol. The Balaban J connectivity index is 1.50. The second-order valence-corrected chi connectivity index (χ2v) is 10.8. The molecule has 1 atom stereocenters. The van der Waals surface area contributed by atoms with Gasteiger partial charge in [0.1, 0.15) is 6.61 Å². The summed E-state index contributed by atoms with van der Waals surface area (Å²) in [7, 11) is 0. The third-order valence-corrected chi connectivity index (χ3v) is 7.71. The number of nitrogens with zero attached hydrogens (tertiary/aromatic N) is 3. The number of benzene rings is 2. The van der Waals surface area contributed by atoms with Crippen LogP contribution in [0.25, 0.3) is 11.1 Å². The van der Waals surface area contributed by atoms with E-state index in [0.717, 1.165) is 35.4 Å². The Morgan fingerprint density at radius 2 is 1.59 bits per heavy atom. The van der Waals surface area contributed by atoms with Crippen LogP contribution in [-0.4, -0.2) is 82.2 Å². The van der Waals surface area contributed by atoms with Crippen molar-refractivity contribution in [1.82, 2.24) is 14.8 Å². The number of esters is 1. The van der Waals surface area contributed by atoms with E-state index >= 15 is 0 Å². The van der Waals surface area contributed by atoms with Crippen LogP contribution in [0.5, 0.6) is 0 Å². The Bertz CT molecular complexity index is 1390. The lowest BCUT2D eigenvalue weighted by Gasteiger charge is -2.41. The Morgan fingerprint density at radius 1 is 0.932 bits per heavy atom. The van der Waals surface area contributed by atoms with Crippen LogP contribution in [0.15, 0.2) is 67.0 Å². The molecule has 0 saturated carbocycles. The molecule has 4 rings (SSSR count). The van der Waals surface area contributed by atoms with E-state index in [1.54, 1.807) is 25.4 Å². The van der Waals surface area contributed by atoms with Gasteiger partial charge in [0.25, 0.3) is 5.60 Å². The molecule has 0 amide bonds. The number of aromatic nitrogens is 1. The number of aliphatic hydroxyl groups excluding tert-OH is 1. The van der Waals surface area contributed by atoms with Crippen LogP contribution in [0.4, 0.5) is 26.3 Å². The fourth-order valence-electron chi connectivity index (χ4n) is 5.42. The number of aliphatic hydroxyl groups is 2. The van der Waals surface area contributed by atoms with Gasteiger partial charge in [0.15, 0.2) is 0 Å². The quantitative estimate of drug-likeness (QED) is 0.243. The topological polar surface area (TPSA) is 86.1 Å². The van der Waals surface area contributed by atoms with Crippen molar-refractivity contribution in [3.63, 3.8) is 0 Å². The Morgan fingerprint density at radius 3 is 2.18 bits per heavy atom. The van der Waals surface area contributed by atoms with Crippen LogP contribution in [0.3, 0.4) is 0 Å². The first-order valence-electron chi connectivity index (χ1n) is 13.9. The number of carbonyl (C=O) groups excluding carboxylic acids is 1. The highest BCUT2D eigenvalue weighted by molar-refractivity contribution is 5.70. The summed E-state index contributed by atoms with van der Waals surface area (Å²) in [6.07, 6.45) is -8.34. The van der Waals surface area contributed by atoms with Gasteiger partial charge in [-0.2, -0.15) is 26.3 Å². The molecular formula is C31H33F6N3O4. The molecule has 1 saturated heterocycles. The minimum atomic E-state index is -5.96. The van der Waals surface area contributed by atoms with Crippen molar-refractivity contribution in [2.24, 2.45) is 0 Å². The molecule has 238 valence electrons. The molecule has 3 aromatic rings. The van der Waals surface area contributed by atoms with Gasteiger partial charge in [-0.1, -0.05) is 42.5 Å². The Hall–Kier alpha value is -3.52. The Labute approximate surface area is 250 Å². The number of rotatable bonds is 10. The molecule has 1 aliphatic rings. The van der Waals surface area contributed by atoms with E-state index in [1.165, 1.54) is 0 Å². The van der Waals surface area contributed by atoms with Gasteiger partial charge < -0.3 is 14.9 Å². The van der Waals surface area contributed by atoms with Crippen LogP contribution in [0, 0.1) is 6.92 Å². The molecular weight excluding hydrogens is 592 g/mol. The highest BCUT2D eigenvalue weighted by Gasteiger charge is 2.71. The summed E-state index contributed by atoms with van der Waals surface area (Å²) < 4.78 is 84.7. The number of ether oxygens (including phenoxy) is 1. The SMILES string of the molecule is Cc1cc(CN2CCN(Cc3ccncc3)C[C@@H]2CC(=O)OCCO)ccc1-c1ccc(C(O)(C(F)(F)F)C(F)(F)F)cc1. The number of halogens is 6. The van der Waals surface area contributed by atoms with Gasteiger partial charge in [-0.05, 0) is 46.9 Å². The monoisotopic (exact) mass is 625 g/mol. The molecule has 0 aliphatic carbocycles. The molecule has 2 aromatic carbocycles. The van der Waals surface area contributed by atoms with E-state index in [4.69, 9.17) is 9.84 Å². The maximum absolute atomic E-state index is 13.3. The zero-order valence-electron chi connectivity index (χ0n) is 23.9. The van der Waals surface area contributed by atoms with Crippen molar-refractivity contribution in [3.8, 4) is 11.1 Å². The summed E-state index contributed by atoms with van der Waals surface area (Å²) in [6.45, 7) is 4.61. The second kappa shape index (κ2) is 13.6. The van der Waals surface area contributed by atoms with Crippen molar-refractivity contribution in [2.45, 2.75) is 50.4 Å². The predicted molar refractivity (Wildman–Crippen MR) is 149 cm³/mol. The van der Waals surface area contributed by atoms with Gasteiger partial charge in [0.05, 0.1) is 13.0 Å². The predicted octanol–water partition coefficient (Wildman–Crippen LogP) is 4.98. The number of piperazine rings is 1. The third kappa shape index (κ3) is 7.57. The first-order chi connectivity index (χ1) is 20.7. The smallest absolute Gasteiger partial charge is 0.430 e. The summed E-state index contributed by atoms with van der Waals surface area (Å²) >= 11 is 0. The van der Waals surface area contributed by atoms with E-state index in [0.29, 0.717) is 49.4 Å². The van der Waals surface area contributed by atoms with Gasteiger partial charge in [-0.25, -0.2) is 0 Å². The van der Waals surface area contributed by atoms with Crippen LogP contribution in [0.2, 0.25) is 0 Å². The van der Waals surface area contributed by atoms with Crippen LogP contribution < -0.4 is 0 Å². The average Bonchev–Trinajstić information content (AvgIpc) is 2.96. The van der Waals surface area contributed by atoms with Gasteiger partial charge in [-0.15, -0.1) is 0 Å². The lowest BCUT2D eigenvalue weighted by atomic mass is 9.90. The van der Waals surface area contributed by atoms with Gasteiger partial charge in [0, 0.05) is 56.7 Å². The molecule has 2 N–H and O–H groups in total. The first-order valence-corrected chi connectivity index (χ1v) is 13.9. The molecule has 13 heteroatoms. The maximum atomic E-state index is 13.3. The van der Waals surface area contributed by atoms with E-state index < -0.39 is 29.5 Å². The summed E-state index contributed by atoms with van der Waals surface area (Å²) in [5.74, 6) is -0.419. The van der Waals surface area contributed by atoms with Gasteiger partial charge in [-0.3, -0.25) is 19.6 Å². The zero-order chi connectivity index (χ0) is 32.1. The third-order valence-electron chi connectivity index (χ3n) is 7.71. The molecule has 7 nitrogen and oxygen atoms in total. The number of alkyl halides is 6. The highest BCUT2D eigenvalue weighted by Crippen LogP contribution is 2.50. The fourth-order valence-corrected chi connectivity index (χ4v) is 5.42. The molecule has 44 heavy (non-hydrogen) atoms. The molecule has 1 aromatic heterocycles. The van der Waals surface area contributed by atoms with E-state index in [9.17, 15) is 36.2 Å². The van der Waals surface area contributed by atoms with Crippen molar-refractivity contribution in [3.05, 3.63) is 89.2 Å². The number of hydrogen-bond acceptors (Lipinski definition) is 7. The van der Waals surface area contributed by atoms with Gasteiger partial charge >= 0.3 is 18.3 Å². The van der Waals surface area contributed by atoms with Crippen LogP contribution >= 0.6 is 0 Å². The molecule has 1 aliphatic heterocycles. The van der Waals surface area contributed by atoms with Crippen LogP contribution in [-0.2, 0) is 28.2 Å². The van der Waals surface area contributed by atoms with Gasteiger partial charge in [0.2, 0.25) is 0 Å². The lowest BCUT2D eigenvalue weighted by Crippen LogP contribution is -2.53. The number of aryl methyl sites for hydroxylation is 1. The summed E-state index contributed by atoms with van der Waals surface area (Å²) in [5, 5.41) is 18.7. The molecule has 0 bridgehead atoms. The molecule has 2 heterocycles. The normalized spacial score (nSPS) is 17.1. The van der Waals surface area contributed by atoms with Crippen molar-refractivity contribution in [1.29, 1.82) is 0 Å². The standard InChI is InChI=1S/C31H33F6N3O4/c1-21-16-23(2-7-27(21)24-3-5-25(6-4-24)29(43,30(32,33)34)31(35,36)37)19-40-13-12-39(18-22-8-10-38-11-9-22)20-26(40)17-28(42)44-15-14-41/h2-11,16,26,41,43H,12-15,17-20H2,1H3/t26-/m0/s1. The minimum Gasteiger partial charge on any atom is -0.463 e. The fraction of sp³-hybridized carbons (Fsp3) is 0.419. The second-order valence-electron chi connectivity index (χ2n) is 10.8. The summed E-state index contributed by atoms with van der Waals surface area (Å²) in [4.78, 5) is 20.9. The summed E-state index contributed by atoms with van der Waals surface area (Å²) in [6, 6.07) is 12.6. The van der Waals surface area contributed by atoms with Crippen LogP contribution in [0.1, 0.15) is 28.7 Å². The zero-order valence-corrected chi connectivity index (χ0v) is 23.9. The first kappa shape index (κ1) is 33.4. The molecule has 1 fully saturated rings. The summed E-state index contributed by atoms with van der Waals surface area (Å²) in [5.41, 5.74) is -2.57. The maximum Gasteiger partial charge on any atom is 0.430 e. The Kier molecular flexibility index (Phi) is 10.3.